The number of carbonyl (C=O) groups is 1. The van der Waals surface area contributed by atoms with E-state index in [0.717, 1.165) is 31.6 Å². The van der Waals surface area contributed by atoms with Gasteiger partial charge in [0.2, 0.25) is 0 Å². The molecule has 0 aliphatic rings. The van der Waals surface area contributed by atoms with Crippen LogP contribution in [0.1, 0.15) is 24.8 Å². The molecule has 0 bridgehead atoms. The topological polar surface area (TPSA) is 43.4 Å². The van der Waals surface area contributed by atoms with Crippen molar-refractivity contribution in [3.8, 4) is 0 Å². The summed E-state index contributed by atoms with van der Waals surface area (Å²) in [4.78, 5) is 12.5. The van der Waals surface area contributed by atoms with Crippen LogP contribution in [0, 0.1) is 0 Å². The summed E-state index contributed by atoms with van der Waals surface area (Å²) in [6.45, 7) is 1.55. The number of carboxylic acids is 1. The molecule has 0 unspecified atom stereocenters. The van der Waals surface area contributed by atoms with Gasteiger partial charge >= 0.3 is 29.6 Å². The van der Waals surface area contributed by atoms with Crippen molar-refractivity contribution in [3.63, 3.8) is 0 Å². The van der Waals surface area contributed by atoms with Crippen LogP contribution in [0.5, 0.6) is 0 Å². The first kappa shape index (κ1) is 21.1. The van der Waals surface area contributed by atoms with Gasteiger partial charge in [0.1, 0.15) is 0 Å². The SMILES string of the molecule is O=C([O-])CCCCc1ccc(N(CCCl)CCCl)cc1.[Na+]. The predicted octanol–water partition coefficient (Wildman–Crippen LogP) is -0.563. The smallest absolute Gasteiger partial charge is 0.550 e. The van der Waals surface area contributed by atoms with E-state index in [2.05, 4.69) is 29.2 Å². The van der Waals surface area contributed by atoms with E-state index in [1.54, 1.807) is 0 Å². The van der Waals surface area contributed by atoms with E-state index < -0.39 is 5.97 Å². The van der Waals surface area contributed by atoms with Crippen LogP contribution >= 0.6 is 23.2 Å². The first-order chi connectivity index (χ1) is 9.67. The molecule has 1 aromatic carbocycles. The zero-order chi connectivity index (χ0) is 14.8. The van der Waals surface area contributed by atoms with E-state index in [-0.39, 0.29) is 36.0 Å². The molecule has 0 fully saturated rings. The Labute approximate surface area is 158 Å². The summed E-state index contributed by atoms with van der Waals surface area (Å²) in [5.74, 6) is 0.169. The third kappa shape index (κ3) is 8.94. The second-order valence-corrected chi connectivity index (χ2v) is 5.37. The van der Waals surface area contributed by atoms with Crippen LogP contribution in [0.4, 0.5) is 5.69 Å². The Hall–Kier alpha value is 0.0700. The number of hydrogen-bond donors (Lipinski definition) is 0. The summed E-state index contributed by atoms with van der Waals surface area (Å²) in [5.41, 5.74) is 2.33. The molecule has 21 heavy (non-hydrogen) atoms. The number of aliphatic carboxylic acids is 1. The molecular weight excluding hydrogens is 320 g/mol. The molecule has 3 nitrogen and oxygen atoms in total. The maximum absolute atomic E-state index is 10.3. The maximum atomic E-state index is 10.3. The van der Waals surface area contributed by atoms with E-state index in [1.807, 2.05) is 0 Å². The molecule has 0 heterocycles. The molecule has 6 heteroatoms. The van der Waals surface area contributed by atoms with Gasteiger partial charge in [-0.2, -0.15) is 0 Å². The Morgan fingerprint density at radius 2 is 1.62 bits per heavy atom. The third-order valence-corrected chi connectivity index (χ3v) is 3.44. The summed E-state index contributed by atoms with van der Waals surface area (Å²) in [6, 6.07) is 8.27. The number of benzene rings is 1. The van der Waals surface area contributed by atoms with Crippen molar-refractivity contribution < 1.29 is 39.5 Å². The zero-order valence-corrected chi connectivity index (χ0v) is 16.0. The van der Waals surface area contributed by atoms with Crippen molar-refractivity contribution in [2.24, 2.45) is 0 Å². The molecule has 0 saturated carbocycles. The number of unbranched alkanes of at least 4 members (excludes halogenated alkanes) is 1. The summed E-state index contributed by atoms with van der Waals surface area (Å²) in [6.07, 6.45) is 2.55. The van der Waals surface area contributed by atoms with Crippen LogP contribution in [0.15, 0.2) is 24.3 Å². The molecule has 0 aliphatic carbocycles. The number of nitrogens with zero attached hydrogens (tertiary/aromatic N) is 1. The number of halogens is 2. The van der Waals surface area contributed by atoms with Gasteiger partial charge in [-0.05, 0) is 43.4 Å². The Bertz CT molecular complexity index is 395. The van der Waals surface area contributed by atoms with Gasteiger partial charge in [-0.15, -0.1) is 23.2 Å². The Morgan fingerprint density at radius 3 is 2.10 bits per heavy atom. The minimum atomic E-state index is -0.974. The Balaban J connectivity index is 0.00000400. The molecule has 1 aromatic rings. The number of hydrogen-bond acceptors (Lipinski definition) is 3. The third-order valence-electron chi connectivity index (χ3n) is 3.11. The van der Waals surface area contributed by atoms with Crippen LogP contribution in [0.2, 0.25) is 0 Å². The normalized spacial score (nSPS) is 10.0. The molecule has 112 valence electrons. The largest absolute Gasteiger partial charge is 1.00 e. The monoisotopic (exact) mass is 339 g/mol. The molecule has 0 saturated heterocycles. The fourth-order valence-electron chi connectivity index (χ4n) is 2.05. The first-order valence-electron chi connectivity index (χ1n) is 6.83. The van der Waals surface area contributed by atoms with Gasteiger partial charge in [0.05, 0.1) is 0 Å². The van der Waals surface area contributed by atoms with E-state index in [1.165, 1.54) is 5.56 Å². The Kier molecular flexibility index (Phi) is 12.6. The molecule has 0 aromatic heterocycles. The van der Waals surface area contributed by atoms with Crippen LogP contribution in [0.25, 0.3) is 0 Å². The quantitative estimate of drug-likeness (QED) is 0.326. The number of carboxylic acid groups (broad SMARTS) is 1. The number of alkyl halides is 2. The van der Waals surface area contributed by atoms with Crippen molar-refractivity contribution in [2.75, 3.05) is 29.7 Å². The molecule has 0 aliphatic heterocycles. The summed E-state index contributed by atoms with van der Waals surface area (Å²) in [5, 5.41) is 10.3. The van der Waals surface area contributed by atoms with Gasteiger partial charge in [-0.1, -0.05) is 12.1 Å². The molecule has 0 N–H and O–H groups in total. The second-order valence-electron chi connectivity index (χ2n) is 4.61. The van der Waals surface area contributed by atoms with Crippen LogP contribution in [-0.4, -0.2) is 30.8 Å². The van der Waals surface area contributed by atoms with Crippen LogP contribution in [0.3, 0.4) is 0 Å². The van der Waals surface area contributed by atoms with Crippen molar-refractivity contribution in [1.82, 2.24) is 0 Å². The van der Waals surface area contributed by atoms with E-state index >= 15 is 0 Å². The first-order valence-corrected chi connectivity index (χ1v) is 7.90. The van der Waals surface area contributed by atoms with Crippen molar-refractivity contribution in [1.29, 1.82) is 0 Å². The maximum Gasteiger partial charge on any atom is 1.00 e. The van der Waals surface area contributed by atoms with Gasteiger partial charge in [-0.25, -0.2) is 0 Å². The fourth-order valence-corrected chi connectivity index (χ4v) is 2.45. The van der Waals surface area contributed by atoms with Gasteiger partial charge in [0.25, 0.3) is 0 Å². The number of anilines is 1. The van der Waals surface area contributed by atoms with Gasteiger partial charge in [-0.3, -0.25) is 0 Å². The Morgan fingerprint density at radius 1 is 1.05 bits per heavy atom. The van der Waals surface area contributed by atoms with Gasteiger partial charge in [0.15, 0.2) is 0 Å². The van der Waals surface area contributed by atoms with Gasteiger partial charge < -0.3 is 14.8 Å². The van der Waals surface area contributed by atoms with Crippen LogP contribution < -0.4 is 39.6 Å². The molecule has 0 amide bonds. The molecular formula is C15H20Cl2NNaO2. The molecule has 0 spiro atoms. The molecule has 1 rings (SSSR count). The van der Waals surface area contributed by atoms with Gasteiger partial charge in [0, 0.05) is 36.5 Å². The molecule has 0 radical (unpaired) electrons. The van der Waals surface area contributed by atoms with E-state index in [4.69, 9.17) is 23.2 Å². The summed E-state index contributed by atoms with van der Waals surface area (Å²) < 4.78 is 0. The van der Waals surface area contributed by atoms with E-state index in [9.17, 15) is 9.90 Å². The predicted molar refractivity (Wildman–Crippen MR) is 82.7 cm³/mol. The summed E-state index contributed by atoms with van der Waals surface area (Å²) in [7, 11) is 0. The minimum absolute atomic E-state index is 0. The van der Waals surface area contributed by atoms with Crippen molar-refractivity contribution in [2.45, 2.75) is 25.7 Å². The molecule has 0 atom stereocenters. The van der Waals surface area contributed by atoms with Crippen molar-refractivity contribution >= 4 is 34.9 Å². The number of carbonyl (C=O) groups excluding carboxylic acids is 1. The number of aryl methyl sites for hydroxylation is 1. The average Bonchev–Trinajstić information content (AvgIpc) is 2.44. The zero-order valence-electron chi connectivity index (χ0n) is 12.5. The number of rotatable bonds is 10. The second kappa shape index (κ2) is 12.6. The summed E-state index contributed by atoms with van der Waals surface area (Å²) >= 11 is 11.6. The van der Waals surface area contributed by atoms with Crippen LogP contribution in [-0.2, 0) is 11.2 Å². The standard InChI is InChI=1S/C15H21Cl2NO2.Na/c16-9-11-18(12-10-17)14-7-5-13(6-8-14)3-1-2-4-15(19)20;/h5-8H,1-4,9-12H2,(H,19,20);/q;+1/p-1. The minimum Gasteiger partial charge on any atom is -0.550 e. The van der Waals surface area contributed by atoms with E-state index in [0.29, 0.717) is 18.2 Å². The van der Waals surface area contributed by atoms with Crippen molar-refractivity contribution in [3.05, 3.63) is 29.8 Å². The fraction of sp³-hybridized carbons (Fsp3) is 0.533. The average molecular weight is 340 g/mol.